The lowest BCUT2D eigenvalue weighted by Crippen LogP contribution is -2.61. The second-order valence-electron chi connectivity index (χ2n) is 5.14. The molecule has 1 aromatic carbocycles. The molecule has 0 aromatic heterocycles. The van der Waals surface area contributed by atoms with Gasteiger partial charge in [0.15, 0.2) is 12.6 Å². The summed E-state index contributed by atoms with van der Waals surface area (Å²) in [5.74, 6) is 0. The van der Waals surface area contributed by atoms with Crippen LogP contribution in [0.4, 0.5) is 0 Å². The number of hydrogen-bond acceptors (Lipinski definition) is 6. The third kappa shape index (κ3) is 2.80. The fourth-order valence-electron chi connectivity index (χ4n) is 2.73. The average molecular weight is 307 g/mol. The van der Waals surface area contributed by atoms with Crippen LogP contribution in [0.5, 0.6) is 0 Å². The first kappa shape index (κ1) is 15.2. The normalized spacial score (nSPS) is 37.9. The van der Waals surface area contributed by atoms with Gasteiger partial charge in [0.2, 0.25) is 0 Å². The molecule has 0 radical (unpaired) electrons. The van der Waals surface area contributed by atoms with Crippen molar-refractivity contribution >= 4 is 0 Å². The smallest absolute Gasteiger partial charge is 0.184 e. The van der Waals surface area contributed by atoms with Crippen LogP contribution >= 0.6 is 0 Å². The van der Waals surface area contributed by atoms with Crippen molar-refractivity contribution < 1.29 is 24.1 Å². The summed E-state index contributed by atoms with van der Waals surface area (Å²) in [6.07, 6.45) is -3.58. The predicted octanol–water partition coefficient (Wildman–Crippen LogP) is 1.51. The van der Waals surface area contributed by atoms with Gasteiger partial charge >= 0.3 is 0 Å². The highest BCUT2D eigenvalue weighted by atomic mass is 16.7. The predicted molar refractivity (Wildman–Crippen MR) is 74.6 cm³/mol. The molecule has 118 valence electrons. The lowest BCUT2D eigenvalue weighted by atomic mass is 9.96. The molecular weight excluding hydrogens is 290 g/mol. The van der Waals surface area contributed by atoms with Gasteiger partial charge in [-0.2, -0.15) is 0 Å². The fraction of sp³-hybridized carbons (Fsp3) is 0.571. The summed E-state index contributed by atoms with van der Waals surface area (Å²) < 4.78 is 22.3. The Kier molecular flexibility index (Phi) is 4.58. The number of fused-ring (bicyclic) bond motifs is 1. The van der Waals surface area contributed by atoms with Gasteiger partial charge in [0.25, 0.3) is 0 Å². The van der Waals surface area contributed by atoms with Gasteiger partial charge in [-0.15, -0.1) is 0 Å². The second-order valence-corrected chi connectivity index (χ2v) is 5.14. The Morgan fingerprint density at radius 2 is 2.09 bits per heavy atom. The second kappa shape index (κ2) is 6.62. The molecular formula is C14H17N3O5. The number of methoxy groups -OCH3 is 1. The van der Waals surface area contributed by atoms with Crippen LogP contribution in [0.15, 0.2) is 35.4 Å². The molecule has 6 atom stereocenters. The van der Waals surface area contributed by atoms with Gasteiger partial charge in [-0.1, -0.05) is 35.4 Å². The van der Waals surface area contributed by atoms with Crippen LogP contribution in [0.25, 0.3) is 10.4 Å². The van der Waals surface area contributed by atoms with E-state index in [1.807, 2.05) is 30.3 Å². The summed E-state index contributed by atoms with van der Waals surface area (Å²) in [5, 5.41) is 14.0. The van der Waals surface area contributed by atoms with E-state index >= 15 is 0 Å². The quantitative estimate of drug-likeness (QED) is 0.517. The van der Waals surface area contributed by atoms with Gasteiger partial charge in [-0.25, -0.2) is 0 Å². The molecule has 0 spiro atoms. The van der Waals surface area contributed by atoms with Gasteiger partial charge in [0, 0.05) is 17.6 Å². The number of azide groups is 1. The Labute approximate surface area is 127 Å². The van der Waals surface area contributed by atoms with Crippen LogP contribution in [0, 0.1) is 0 Å². The first-order chi connectivity index (χ1) is 10.7. The molecule has 0 saturated carbocycles. The maximum Gasteiger partial charge on any atom is 0.184 e. The summed E-state index contributed by atoms with van der Waals surface area (Å²) in [6, 6.07) is 8.55. The van der Waals surface area contributed by atoms with E-state index in [9.17, 15) is 5.11 Å². The molecule has 2 heterocycles. The van der Waals surface area contributed by atoms with E-state index in [0.29, 0.717) is 0 Å². The molecule has 8 heteroatoms. The number of aliphatic hydroxyl groups is 1. The number of hydrogen-bond donors (Lipinski definition) is 1. The van der Waals surface area contributed by atoms with Crippen molar-refractivity contribution in [2.75, 3.05) is 13.7 Å². The molecule has 2 aliphatic rings. The zero-order valence-electron chi connectivity index (χ0n) is 12.0. The van der Waals surface area contributed by atoms with Crippen LogP contribution in [0.3, 0.4) is 0 Å². The van der Waals surface area contributed by atoms with E-state index in [4.69, 9.17) is 24.5 Å². The summed E-state index contributed by atoms with van der Waals surface area (Å²) >= 11 is 0. The van der Waals surface area contributed by atoms with Crippen LogP contribution < -0.4 is 0 Å². The first-order valence-electron chi connectivity index (χ1n) is 6.97. The maximum atomic E-state index is 10.5. The number of nitrogens with zero attached hydrogens (tertiary/aromatic N) is 3. The SMILES string of the molecule is CO[C@H]1O[C@@H]2COC(c3ccccc3)O[C@H]2[C@@H](O)[C@@H]1N=[N+]=[N-]. The van der Waals surface area contributed by atoms with Gasteiger partial charge in [0.1, 0.15) is 18.2 Å². The molecule has 0 aliphatic carbocycles. The molecule has 1 aromatic rings. The Hall–Kier alpha value is -1.67. The zero-order valence-corrected chi connectivity index (χ0v) is 12.0. The lowest BCUT2D eigenvalue weighted by molar-refractivity contribution is -0.338. The topological polar surface area (TPSA) is 106 Å². The standard InChI is InChI=1S/C14H17N3O5/c1-19-14-10(16-17-15)11(18)12-9(21-14)7-20-13(22-12)8-5-3-2-4-6-8/h2-6,9-14,18H,7H2,1H3/t9-,10+,11+,12-,13?,14+/m1/s1. The Bertz CT molecular complexity index is 551. The Balaban J connectivity index is 1.79. The molecule has 1 N–H and O–H groups in total. The molecule has 2 aliphatic heterocycles. The molecule has 3 rings (SSSR count). The largest absolute Gasteiger partial charge is 0.390 e. The molecule has 2 fully saturated rings. The molecule has 22 heavy (non-hydrogen) atoms. The van der Waals surface area contributed by atoms with Crippen LogP contribution in [-0.2, 0) is 18.9 Å². The van der Waals surface area contributed by atoms with Crippen LogP contribution in [0.1, 0.15) is 11.9 Å². The number of aliphatic hydroxyl groups excluding tert-OH is 1. The lowest BCUT2D eigenvalue weighted by Gasteiger charge is -2.46. The van der Waals surface area contributed by atoms with E-state index in [1.54, 1.807) is 0 Å². The Morgan fingerprint density at radius 3 is 2.77 bits per heavy atom. The van der Waals surface area contributed by atoms with Crippen LogP contribution in [-0.4, -0.2) is 49.5 Å². The molecule has 2 saturated heterocycles. The highest BCUT2D eigenvalue weighted by molar-refractivity contribution is 5.16. The minimum absolute atomic E-state index is 0.254. The monoisotopic (exact) mass is 307 g/mol. The van der Waals surface area contributed by atoms with Gasteiger partial charge in [-0.3, -0.25) is 0 Å². The third-order valence-electron chi connectivity index (χ3n) is 3.82. The summed E-state index contributed by atoms with van der Waals surface area (Å²) in [5.41, 5.74) is 9.50. The van der Waals surface area contributed by atoms with E-state index < -0.39 is 36.9 Å². The molecule has 1 unspecified atom stereocenters. The van der Waals surface area contributed by atoms with Gasteiger partial charge in [0.05, 0.1) is 12.7 Å². The highest BCUT2D eigenvalue weighted by Gasteiger charge is 2.49. The third-order valence-corrected chi connectivity index (χ3v) is 3.82. The van der Waals surface area contributed by atoms with Gasteiger partial charge < -0.3 is 24.1 Å². The summed E-state index contributed by atoms with van der Waals surface area (Å²) in [6.45, 7) is 0.254. The number of ether oxygens (including phenoxy) is 4. The number of benzene rings is 1. The molecule has 0 bridgehead atoms. The van der Waals surface area contributed by atoms with E-state index in [2.05, 4.69) is 10.0 Å². The van der Waals surface area contributed by atoms with Crippen molar-refractivity contribution in [1.29, 1.82) is 0 Å². The van der Waals surface area contributed by atoms with Crippen LogP contribution in [0.2, 0.25) is 0 Å². The van der Waals surface area contributed by atoms with Crippen molar-refractivity contribution in [2.45, 2.75) is 36.9 Å². The van der Waals surface area contributed by atoms with Crippen molar-refractivity contribution in [3.63, 3.8) is 0 Å². The summed E-state index contributed by atoms with van der Waals surface area (Å²) in [4.78, 5) is 2.74. The first-order valence-corrected chi connectivity index (χ1v) is 6.97. The van der Waals surface area contributed by atoms with Crippen molar-refractivity contribution in [3.05, 3.63) is 46.3 Å². The van der Waals surface area contributed by atoms with Gasteiger partial charge in [-0.05, 0) is 5.53 Å². The van der Waals surface area contributed by atoms with Crippen molar-refractivity contribution in [3.8, 4) is 0 Å². The molecule has 0 amide bonds. The fourth-order valence-corrected chi connectivity index (χ4v) is 2.73. The minimum atomic E-state index is -1.03. The maximum absolute atomic E-state index is 10.5. The summed E-state index contributed by atoms with van der Waals surface area (Å²) in [7, 11) is 1.43. The van der Waals surface area contributed by atoms with Crippen molar-refractivity contribution in [2.24, 2.45) is 5.11 Å². The Morgan fingerprint density at radius 1 is 1.32 bits per heavy atom. The highest BCUT2D eigenvalue weighted by Crippen LogP contribution is 2.35. The zero-order chi connectivity index (χ0) is 15.5. The van der Waals surface area contributed by atoms with E-state index in [-0.39, 0.29) is 6.61 Å². The number of rotatable bonds is 3. The minimum Gasteiger partial charge on any atom is -0.390 e. The average Bonchev–Trinajstić information content (AvgIpc) is 2.58. The van der Waals surface area contributed by atoms with E-state index in [1.165, 1.54) is 7.11 Å². The molecule has 8 nitrogen and oxygen atoms in total. The van der Waals surface area contributed by atoms with Crippen molar-refractivity contribution in [1.82, 2.24) is 0 Å². The van der Waals surface area contributed by atoms with E-state index in [0.717, 1.165) is 5.56 Å².